The molecule has 194 valence electrons. The quantitative estimate of drug-likeness (QED) is 0.589. The summed E-state index contributed by atoms with van der Waals surface area (Å²) in [5.74, 6) is 1.19. The average molecular weight is 519 g/mol. The molecule has 2 aromatic rings. The first-order chi connectivity index (χ1) is 17.4. The highest BCUT2D eigenvalue weighted by atomic mass is 32.2. The van der Waals surface area contributed by atoms with Crippen molar-refractivity contribution in [2.75, 3.05) is 26.6 Å². The minimum absolute atomic E-state index is 0.00801. The highest BCUT2D eigenvalue weighted by Crippen LogP contribution is 2.33. The van der Waals surface area contributed by atoms with Crippen molar-refractivity contribution >= 4 is 15.9 Å². The number of aliphatic hydroxyl groups excluding tert-OH is 1. The number of nitrogens with zero attached hydrogens (tertiary/aromatic N) is 1. The van der Waals surface area contributed by atoms with Gasteiger partial charge in [-0.1, -0.05) is 24.3 Å². The molecule has 0 saturated carbocycles. The van der Waals surface area contributed by atoms with Crippen molar-refractivity contribution in [2.45, 2.75) is 55.1 Å². The summed E-state index contributed by atoms with van der Waals surface area (Å²) in [5.41, 5.74) is 0.894. The van der Waals surface area contributed by atoms with Crippen molar-refractivity contribution in [1.29, 1.82) is 0 Å². The molecule has 3 aliphatic heterocycles. The lowest BCUT2D eigenvalue weighted by atomic mass is 9.96. The summed E-state index contributed by atoms with van der Waals surface area (Å²) in [4.78, 5) is 12.8. The van der Waals surface area contributed by atoms with Crippen molar-refractivity contribution in [3.8, 4) is 11.5 Å². The number of hydrogen-bond acceptors (Lipinski definition) is 8. The Labute approximate surface area is 210 Å². The second kappa shape index (κ2) is 10.7. The van der Waals surface area contributed by atoms with Crippen molar-refractivity contribution in [3.05, 3.63) is 54.1 Å². The van der Waals surface area contributed by atoms with E-state index in [4.69, 9.17) is 18.9 Å². The molecule has 2 fully saturated rings. The second-order valence-electron chi connectivity index (χ2n) is 9.19. The molecule has 11 heteroatoms. The van der Waals surface area contributed by atoms with Crippen molar-refractivity contribution in [1.82, 2.24) is 9.62 Å². The lowest BCUT2D eigenvalue weighted by Gasteiger charge is -2.43. The first kappa shape index (κ1) is 25.0. The molecule has 2 saturated heterocycles. The first-order valence-corrected chi connectivity index (χ1v) is 13.5. The minimum Gasteiger partial charge on any atom is -0.454 e. The summed E-state index contributed by atoms with van der Waals surface area (Å²) in [6, 6.07) is 13.2. The predicted molar refractivity (Wildman–Crippen MR) is 128 cm³/mol. The Morgan fingerprint density at radius 1 is 1.06 bits per heavy atom. The van der Waals surface area contributed by atoms with Crippen LogP contribution in [0.2, 0.25) is 0 Å². The van der Waals surface area contributed by atoms with Crippen LogP contribution in [0.4, 0.5) is 0 Å². The molecule has 0 radical (unpaired) electrons. The molecular weight excluding hydrogens is 488 g/mol. The minimum atomic E-state index is -3.85. The van der Waals surface area contributed by atoms with Gasteiger partial charge in [0.25, 0.3) is 0 Å². The van der Waals surface area contributed by atoms with Gasteiger partial charge in [0.15, 0.2) is 11.5 Å². The number of benzene rings is 2. The number of ether oxygens (including phenoxy) is 4. The number of fused-ring (bicyclic) bond motifs is 2. The maximum atomic E-state index is 13.4. The van der Waals surface area contributed by atoms with E-state index in [-0.39, 0.29) is 49.9 Å². The van der Waals surface area contributed by atoms with Crippen molar-refractivity contribution in [3.63, 3.8) is 0 Å². The van der Waals surface area contributed by atoms with Crippen LogP contribution in [-0.2, 0) is 30.8 Å². The van der Waals surface area contributed by atoms with Crippen LogP contribution in [0.25, 0.3) is 0 Å². The zero-order valence-electron chi connectivity index (χ0n) is 19.7. The fraction of sp³-hybridized carbons (Fsp3) is 0.480. The molecule has 0 unspecified atom stereocenters. The molecule has 3 heterocycles. The Morgan fingerprint density at radius 2 is 1.86 bits per heavy atom. The largest absolute Gasteiger partial charge is 0.454 e. The molecule has 1 amide bonds. The Morgan fingerprint density at radius 3 is 2.69 bits per heavy atom. The Kier molecular flexibility index (Phi) is 7.44. The molecule has 2 aromatic carbocycles. The van der Waals surface area contributed by atoms with Crippen LogP contribution in [0.1, 0.15) is 24.8 Å². The van der Waals surface area contributed by atoms with E-state index in [1.807, 2.05) is 18.2 Å². The van der Waals surface area contributed by atoms with Gasteiger partial charge in [-0.15, -0.1) is 0 Å². The maximum absolute atomic E-state index is 13.4. The number of rotatable bonds is 6. The summed E-state index contributed by atoms with van der Waals surface area (Å²) in [7, 11) is -3.85. The summed E-state index contributed by atoms with van der Waals surface area (Å²) < 4.78 is 50.7. The average Bonchev–Trinajstić information content (AvgIpc) is 3.34. The zero-order valence-corrected chi connectivity index (χ0v) is 20.6. The number of amides is 1. The van der Waals surface area contributed by atoms with E-state index in [1.165, 1.54) is 4.31 Å². The molecular formula is C25H30N2O8S. The van der Waals surface area contributed by atoms with Crippen LogP contribution < -0.4 is 14.8 Å². The van der Waals surface area contributed by atoms with E-state index < -0.39 is 28.3 Å². The highest BCUT2D eigenvalue weighted by molar-refractivity contribution is 7.89. The van der Waals surface area contributed by atoms with Crippen LogP contribution in [0.15, 0.2) is 53.4 Å². The summed E-state index contributed by atoms with van der Waals surface area (Å²) in [6.45, 7) is 0.603. The first-order valence-electron chi connectivity index (χ1n) is 12.0. The Balaban J connectivity index is 1.22. The molecule has 0 aromatic heterocycles. The van der Waals surface area contributed by atoms with E-state index >= 15 is 0 Å². The highest BCUT2D eigenvalue weighted by Gasteiger charge is 2.43. The monoisotopic (exact) mass is 518 g/mol. The third kappa shape index (κ3) is 5.50. The molecule has 0 spiro atoms. The van der Waals surface area contributed by atoms with Gasteiger partial charge in [0.2, 0.25) is 22.7 Å². The van der Waals surface area contributed by atoms with E-state index in [2.05, 4.69) is 5.32 Å². The van der Waals surface area contributed by atoms with E-state index in [0.717, 1.165) is 5.56 Å². The number of carbonyl (C=O) groups is 1. The van der Waals surface area contributed by atoms with Gasteiger partial charge in [0.1, 0.15) is 0 Å². The number of carbonyl (C=O) groups excluding carboxylic acids is 1. The van der Waals surface area contributed by atoms with Crippen LogP contribution >= 0.6 is 0 Å². The van der Waals surface area contributed by atoms with Gasteiger partial charge in [-0.2, -0.15) is 4.31 Å². The van der Waals surface area contributed by atoms with Crippen LogP contribution in [0, 0.1) is 0 Å². The SMILES string of the molecule is O=C(C[C@H]1CC[C@@H]2[C@H](COC[C@H](O)CN2S(=O)(=O)c2ccccc2)O1)NCc1ccc2c(c1)OCO2. The molecule has 0 aliphatic carbocycles. The Hall–Kier alpha value is -2.70. The van der Waals surface area contributed by atoms with Crippen LogP contribution in [0.5, 0.6) is 11.5 Å². The molecule has 3 aliphatic rings. The van der Waals surface area contributed by atoms with E-state index in [1.54, 1.807) is 30.3 Å². The second-order valence-corrected chi connectivity index (χ2v) is 11.1. The van der Waals surface area contributed by atoms with Gasteiger partial charge < -0.3 is 29.4 Å². The Bertz CT molecular complexity index is 1180. The lowest BCUT2D eigenvalue weighted by Crippen LogP contribution is -2.57. The van der Waals surface area contributed by atoms with Crippen LogP contribution in [-0.4, -0.2) is 74.6 Å². The maximum Gasteiger partial charge on any atom is 0.243 e. The number of β-amino-alcohol motifs (C(OH)–C–C–N with tert-alkyl or cyclic N) is 1. The number of sulfonamides is 1. The fourth-order valence-corrected chi connectivity index (χ4v) is 6.57. The van der Waals surface area contributed by atoms with Gasteiger partial charge in [-0.25, -0.2) is 8.42 Å². The number of aliphatic hydroxyl groups is 1. The van der Waals surface area contributed by atoms with Gasteiger partial charge in [0.05, 0.1) is 48.9 Å². The summed E-state index contributed by atoms with van der Waals surface area (Å²) in [5, 5.41) is 13.2. The molecule has 10 nitrogen and oxygen atoms in total. The molecule has 0 bridgehead atoms. The third-order valence-electron chi connectivity index (χ3n) is 6.62. The standard InChI is InChI=1S/C25H30N2O8S/c28-18-13-27(36(30,31)20-4-2-1-3-5-20)21-8-7-19(35-24(21)15-32-14-18)11-25(29)26-12-17-6-9-22-23(10-17)34-16-33-22/h1-6,9-10,18-19,21,24,28H,7-8,11-16H2,(H,26,29)/t18-,19-,21-,24+/m1/s1. The van der Waals surface area contributed by atoms with E-state index in [0.29, 0.717) is 30.9 Å². The van der Waals surface area contributed by atoms with Crippen molar-refractivity contribution in [2.24, 2.45) is 0 Å². The van der Waals surface area contributed by atoms with Gasteiger partial charge in [0, 0.05) is 13.1 Å². The van der Waals surface area contributed by atoms with Gasteiger partial charge in [-0.3, -0.25) is 4.79 Å². The molecule has 5 rings (SSSR count). The number of nitrogens with one attached hydrogen (secondary N) is 1. The van der Waals surface area contributed by atoms with E-state index in [9.17, 15) is 18.3 Å². The summed E-state index contributed by atoms with van der Waals surface area (Å²) >= 11 is 0. The molecule has 36 heavy (non-hydrogen) atoms. The van der Waals surface area contributed by atoms with Crippen LogP contribution in [0.3, 0.4) is 0 Å². The predicted octanol–water partition coefficient (Wildman–Crippen LogP) is 1.42. The molecule has 2 N–H and O–H groups in total. The lowest BCUT2D eigenvalue weighted by molar-refractivity contribution is -0.146. The summed E-state index contributed by atoms with van der Waals surface area (Å²) in [6.07, 6.45) is -0.692. The third-order valence-corrected chi connectivity index (χ3v) is 8.53. The smallest absolute Gasteiger partial charge is 0.243 e. The van der Waals surface area contributed by atoms with Crippen molar-refractivity contribution < 1.29 is 37.3 Å². The van der Waals surface area contributed by atoms with Gasteiger partial charge >= 0.3 is 0 Å². The topological polar surface area (TPSA) is 124 Å². The van der Waals surface area contributed by atoms with Gasteiger partial charge in [-0.05, 0) is 42.7 Å². The normalized spacial score (nSPS) is 26.5. The molecule has 4 atom stereocenters. The number of hydrogen-bond donors (Lipinski definition) is 2. The zero-order chi connectivity index (χ0) is 25.1. The fourth-order valence-electron chi connectivity index (χ4n) is 4.83.